The van der Waals surface area contributed by atoms with E-state index in [0.717, 1.165) is 12.8 Å². The standard InChI is InChI=1S/C21H21FN6O2/c1-13-9-18(29)27-21(25-13)28-7-5-17(6-8-28)26-20(30)15-11-23-19(24-12-15)14-3-2-4-16(22)10-14/h2-4,9-12,17H,5-8H2,1H3,(H,26,30)(H,25,27,29). The van der Waals surface area contributed by atoms with Crippen LogP contribution < -0.4 is 15.8 Å². The van der Waals surface area contributed by atoms with Gasteiger partial charge in [0.05, 0.1) is 5.56 Å². The molecule has 3 heterocycles. The maximum Gasteiger partial charge on any atom is 0.254 e. The van der Waals surface area contributed by atoms with E-state index in [1.54, 1.807) is 19.1 Å². The van der Waals surface area contributed by atoms with E-state index in [-0.39, 0.29) is 23.3 Å². The minimum Gasteiger partial charge on any atom is -0.349 e. The molecule has 0 radical (unpaired) electrons. The van der Waals surface area contributed by atoms with Crippen molar-refractivity contribution >= 4 is 11.9 Å². The van der Waals surface area contributed by atoms with E-state index in [9.17, 15) is 14.0 Å². The number of benzene rings is 1. The lowest BCUT2D eigenvalue weighted by atomic mass is 10.0. The van der Waals surface area contributed by atoms with Crippen molar-refractivity contribution in [2.24, 2.45) is 0 Å². The number of H-pyrrole nitrogens is 1. The Morgan fingerprint density at radius 3 is 2.60 bits per heavy atom. The Labute approximate surface area is 172 Å². The van der Waals surface area contributed by atoms with Gasteiger partial charge in [-0.2, -0.15) is 0 Å². The van der Waals surface area contributed by atoms with Crippen molar-refractivity contribution in [3.63, 3.8) is 0 Å². The Morgan fingerprint density at radius 2 is 1.93 bits per heavy atom. The molecule has 2 aromatic heterocycles. The summed E-state index contributed by atoms with van der Waals surface area (Å²) in [5.41, 5.74) is 1.40. The van der Waals surface area contributed by atoms with Gasteiger partial charge in [0.25, 0.3) is 11.5 Å². The Kier molecular flexibility index (Phi) is 5.51. The third-order valence-electron chi connectivity index (χ3n) is 4.98. The van der Waals surface area contributed by atoms with Gasteiger partial charge in [-0.25, -0.2) is 19.3 Å². The first-order chi connectivity index (χ1) is 14.5. The van der Waals surface area contributed by atoms with E-state index in [1.807, 2.05) is 4.90 Å². The summed E-state index contributed by atoms with van der Waals surface area (Å²) in [6.07, 6.45) is 4.34. The molecule has 0 unspecified atom stereocenters. The lowest BCUT2D eigenvalue weighted by molar-refractivity contribution is 0.0930. The Hall–Kier alpha value is -3.62. The molecule has 1 aliphatic rings. The lowest BCUT2D eigenvalue weighted by Crippen LogP contribution is -2.45. The molecule has 154 valence electrons. The summed E-state index contributed by atoms with van der Waals surface area (Å²) >= 11 is 0. The number of nitrogens with one attached hydrogen (secondary N) is 2. The number of amides is 1. The lowest BCUT2D eigenvalue weighted by Gasteiger charge is -2.32. The Bertz CT molecular complexity index is 1110. The van der Waals surface area contributed by atoms with E-state index in [0.29, 0.717) is 41.7 Å². The van der Waals surface area contributed by atoms with Crippen LogP contribution in [-0.4, -0.2) is 45.0 Å². The smallest absolute Gasteiger partial charge is 0.254 e. The highest BCUT2D eigenvalue weighted by Crippen LogP contribution is 2.17. The first-order valence-electron chi connectivity index (χ1n) is 9.70. The van der Waals surface area contributed by atoms with E-state index in [2.05, 4.69) is 25.3 Å². The third-order valence-corrected chi connectivity index (χ3v) is 4.98. The molecule has 4 rings (SSSR count). The highest BCUT2D eigenvalue weighted by atomic mass is 19.1. The molecule has 1 amide bonds. The van der Waals surface area contributed by atoms with Crippen molar-refractivity contribution in [3.8, 4) is 11.4 Å². The van der Waals surface area contributed by atoms with Crippen LogP contribution in [0.15, 0.2) is 47.5 Å². The number of aryl methyl sites for hydroxylation is 1. The van der Waals surface area contributed by atoms with Crippen LogP contribution in [0.5, 0.6) is 0 Å². The Morgan fingerprint density at radius 1 is 1.20 bits per heavy atom. The minimum absolute atomic E-state index is 0.00757. The van der Waals surface area contributed by atoms with Crippen LogP contribution >= 0.6 is 0 Å². The average Bonchev–Trinajstić information content (AvgIpc) is 2.74. The summed E-state index contributed by atoms with van der Waals surface area (Å²) in [6.45, 7) is 3.13. The number of anilines is 1. The molecule has 0 spiro atoms. The summed E-state index contributed by atoms with van der Waals surface area (Å²) < 4.78 is 13.4. The second-order valence-electron chi connectivity index (χ2n) is 7.25. The first-order valence-corrected chi connectivity index (χ1v) is 9.70. The highest BCUT2D eigenvalue weighted by Gasteiger charge is 2.23. The second kappa shape index (κ2) is 8.40. The molecule has 1 fully saturated rings. The van der Waals surface area contributed by atoms with E-state index in [1.165, 1.54) is 30.6 Å². The summed E-state index contributed by atoms with van der Waals surface area (Å²) in [5.74, 6) is 0.306. The second-order valence-corrected chi connectivity index (χ2v) is 7.25. The van der Waals surface area contributed by atoms with Gasteiger partial charge in [0, 0.05) is 48.8 Å². The molecule has 9 heteroatoms. The van der Waals surface area contributed by atoms with Gasteiger partial charge in [-0.15, -0.1) is 0 Å². The monoisotopic (exact) mass is 408 g/mol. The molecule has 0 bridgehead atoms. The van der Waals surface area contributed by atoms with Gasteiger partial charge in [-0.05, 0) is 31.9 Å². The normalized spacial score (nSPS) is 14.5. The fraction of sp³-hybridized carbons (Fsp3) is 0.286. The Balaban J connectivity index is 1.35. The van der Waals surface area contributed by atoms with Crippen molar-refractivity contribution in [2.45, 2.75) is 25.8 Å². The molecular weight excluding hydrogens is 387 g/mol. The van der Waals surface area contributed by atoms with Gasteiger partial charge in [-0.3, -0.25) is 14.6 Å². The molecule has 0 aliphatic carbocycles. The van der Waals surface area contributed by atoms with Crippen molar-refractivity contribution in [3.05, 3.63) is 70.2 Å². The number of carbonyl (C=O) groups is 1. The maximum absolute atomic E-state index is 13.4. The first kappa shape index (κ1) is 19.7. The minimum atomic E-state index is -0.366. The molecule has 8 nitrogen and oxygen atoms in total. The quantitative estimate of drug-likeness (QED) is 0.685. The van der Waals surface area contributed by atoms with Crippen molar-refractivity contribution in [1.29, 1.82) is 0 Å². The predicted octanol–water partition coefficient (Wildman–Crippen LogP) is 2.07. The highest BCUT2D eigenvalue weighted by molar-refractivity contribution is 5.93. The van der Waals surface area contributed by atoms with Crippen LogP contribution in [0.25, 0.3) is 11.4 Å². The van der Waals surface area contributed by atoms with Crippen LogP contribution in [0.1, 0.15) is 28.9 Å². The number of halogens is 1. The van der Waals surface area contributed by atoms with Crippen LogP contribution in [0, 0.1) is 12.7 Å². The number of aromatic nitrogens is 4. The van der Waals surface area contributed by atoms with Gasteiger partial charge >= 0.3 is 0 Å². The number of hydrogen-bond donors (Lipinski definition) is 2. The molecule has 30 heavy (non-hydrogen) atoms. The number of carbonyl (C=O) groups excluding carboxylic acids is 1. The topological polar surface area (TPSA) is 104 Å². The molecule has 1 aromatic carbocycles. The van der Waals surface area contributed by atoms with Gasteiger partial charge in [-0.1, -0.05) is 12.1 Å². The number of piperidine rings is 1. The molecule has 0 saturated carbocycles. The van der Waals surface area contributed by atoms with Crippen molar-refractivity contribution in [1.82, 2.24) is 25.3 Å². The fourth-order valence-corrected chi connectivity index (χ4v) is 3.44. The summed E-state index contributed by atoms with van der Waals surface area (Å²) in [7, 11) is 0. The predicted molar refractivity (Wildman–Crippen MR) is 110 cm³/mol. The van der Waals surface area contributed by atoms with Gasteiger partial charge in [0.1, 0.15) is 5.82 Å². The van der Waals surface area contributed by atoms with Crippen LogP contribution in [0.4, 0.5) is 10.3 Å². The number of nitrogens with zero attached hydrogens (tertiary/aromatic N) is 4. The summed E-state index contributed by atoms with van der Waals surface area (Å²) in [5, 5.41) is 3.00. The van der Waals surface area contributed by atoms with Gasteiger partial charge in [0.15, 0.2) is 5.82 Å². The zero-order chi connectivity index (χ0) is 21.1. The van der Waals surface area contributed by atoms with Crippen LogP contribution in [-0.2, 0) is 0 Å². The molecule has 0 atom stereocenters. The summed E-state index contributed by atoms with van der Waals surface area (Å²) in [4.78, 5) is 41.7. The van der Waals surface area contributed by atoms with Crippen molar-refractivity contribution in [2.75, 3.05) is 18.0 Å². The molecule has 2 N–H and O–H groups in total. The molecule has 3 aromatic rings. The van der Waals surface area contributed by atoms with Crippen LogP contribution in [0.2, 0.25) is 0 Å². The van der Waals surface area contributed by atoms with Gasteiger partial charge < -0.3 is 10.2 Å². The van der Waals surface area contributed by atoms with E-state index in [4.69, 9.17) is 0 Å². The fourth-order valence-electron chi connectivity index (χ4n) is 3.44. The summed E-state index contributed by atoms with van der Waals surface area (Å²) in [6, 6.07) is 7.46. The molecule has 1 aliphatic heterocycles. The third kappa shape index (κ3) is 4.51. The van der Waals surface area contributed by atoms with E-state index >= 15 is 0 Å². The largest absolute Gasteiger partial charge is 0.349 e. The van der Waals surface area contributed by atoms with Crippen LogP contribution in [0.3, 0.4) is 0 Å². The van der Waals surface area contributed by atoms with Gasteiger partial charge in [0.2, 0.25) is 5.95 Å². The van der Waals surface area contributed by atoms with E-state index < -0.39 is 0 Å². The zero-order valence-corrected chi connectivity index (χ0v) is 16.4. The number of rotatable bonds is 4. The maximum atomic E-state index is 13.4. The number of hydrogen-bond acceptors (Lipinski definition) is 6. The average molecular weight is 408 g/mol. The number of aromatic amines is 1. The molecular formula is C21H21FN6O2. The van der Waals surface area contributed by atoms with Crippen molar-refractivity contribution < 1.29 is 9.18 Å². The SMILES string of the molecule is Cc1cc(=O)[nH]c(N2CCC(NC(=O)c3cnc(-c4cccc(F)c4)nc3)CC2)n1. The zero-order valence-electron chi connectivity index (χ0n) is 16.4. The molecule has 1 saturated heterocycles.